The van der Waals surface area contributed by atoms with Crippen LogP contribution in [0.15, 0.2) is 0 Å². The van der Waals surface area contributed by atoms with Gasteiger partial charge in [-0.3, -0.25) is 9.59 Å². The highest BCUT2D eigenvalue weighted by Crippen LogP contribution is 2.21. The maximum absolute atomic E-state index is 12.2. The number of carbonyl (C=O) groups is 3. The fourth-order valence-electron chi connectivity index (χ4n) is 2.73. The normalized spacial score (nSPS) is 21.1. The summed E-state index contributed by atoms with van der Waals surface area (Å²) < 4.78 is 4.74. The molecule has 1 aliphatic heterocycles. The molecule has 3 atom stereocenters. The highest BCUT2D eigenvalue weighted by atomic mass is 16.5. The zero-order valence-electron chi connectivity index (χ0n) is 14.5. The van der Waals surface area contributed by atoms with Crippen LogP contribution in [0.2, 0.25) is 0 Å². The molecule has 1 heterocycles. The van der Waals surface area contributed by atoms with Crippen molar-refractivity contribution in [3.8, 4) is 0 Å². The number of hydrogen-bond acceptors (Lipinski definition) is 5. The summed E-state index contributed by atoms with van der Waals surface area (Å²) >= 11 is 0. The van der Waals surface area contributed by atoms with E-state index >= 15 is 0 Å². The fraction of sp³-hybridized carbons (Fsp3) is 0.812. The SMILES string of the molecule is COC(=O)[C@H](C[C@@H]1CCCNC1=O)NC(=O)[C@@H](N)CC(C)(C)C. The molecule has 132 valence electrons. The first kappa shape index (κ1) is 19.4. The van der Waals surface area contributed by atoms with Crippen molar-refractivity contribution in [3.05, 3.63) is 0 Å². The van der Waals surface area contributed by atoms with Gasteiger partial charge in [0.1, 0.15) is 6.04 Å². The molecule has 0 aromatic rings. The Morgan fingerprint density at radius 1 is 1.43 bits per heavy atom. The van der Waals surface area contributed by atoms with Gasteiger partial charge in [0.15, 0.2) is 0 Å². The van der Waals surface area contributed by atoms with Gasteiger partial charge < -0.3 is 21.1 Å². The Kier molecular flexibility index (Phi) is 7.00. The van der Waals surface area contributed by atoms with Gasteiger partial charge in [0.05, 0.1) is 13.2 Å². The van der Waals surface area contributed by atoms with E-state index in [1.54, 1.807) is 0 Å². The lowest BCUT2D eigenvalue weighted by Crippen LogP contribution is -2.51. The van der Waals surface area contributed by atoms with Crippen LogP contribution in [0.4, 0.5) is 0 Å². The third-order valence-corrected chi connectivity index (χ3v) is 3.89. The van der Waals surface area contributed by atoms with E-state index in [9.17, 15) is 14.4 Å². The molecule has 1 fully saturated rings. The molecule has 0 unspecified atom stereocenters. The molecule has 0 saturated carbocycles. The average molecular weight is 327 g/mol. The van der Waals surface area contributed by atoms with E-state index < -0.39 is 24.0 Å². The van der Waals surface area contributed by atoms with Gasteiger partial charge in [-0.25, -0.2) is 4.79 Å². The fourth-order valence-corrected chi connectivity index (χ4v) is 2.73. The summed E-state index contributed by atoms with van der Waals surface area (Å²) in [7, 11) is 1.26. The first-order chi connectivity index (χ1) is 10.6. The summed E-state index contributed by atoms with van der Waals surface area (Å²) in [5.74, 6) is -1.34. The van der Waals surface area contributed by atoms with Crippen LogP contribution in [0.1, 0.15) is 46.5 Å². The molecule has 4 N–H and O–H groups in total. The van der Waals surface area contributed by atoms with Crippen LogP contribution in [-0.2, 0) is 19.1 Å². The Balaban J connectivity index is 2.69. The van der Waals surface area contributed by atoms with Gasteiger partial charge in [-0.05, 0) is 31.1 Å². The summed E-state index contributed by atoms with van der Waals surface area (Å²) in [6.07, 6.45) is 2.29. The van der Waals surface area contributed by atoms with Crippen LogP contribution < -0.4 is 16.4 Å². The number of nitrogens with two attached hydrogens (primary N) is 1. The second-order valence-electron chi connectivity index (χ2n) is 7.32. The molecule has 2 amide bonds. The number of esters is 1. The van der Waals surface area contributed by atoms with Crippen LogP contribution in [0, 0.1) is 11.3 Å². The molecule has 0 aliphatic carbocycles. The van der Waals surface area contributed by atoms with E-state index in [2.05, 4.69) is 10.6 Å². The average Bonchev–Trinajstić information content (AvgIpc) is 2.46. The first-order valence-electron chi connectivity index (χ1n) is 8.05. The molecule has 1 aliphatic rings. The third-order valence-electron chi connectivity index (χ3n) is 3.89. The summed E-state index contributed by atoms with van der Waals surface area (Å²) in [6.45, 7) is 6.62. The number of amides is 2. The van der Waals surface area contributed by atoms with E-state index in [0.29, 0.717) is 19.4 Å². The van der Waals surface area contributed by atoms with E-state index in [1.165, 1.54) is 7.11 Å². The second kappa shape index (κ2) is 8.29. The zero-order valence-corrected chi connectivity index (χ0v) is 14.5. The number of rotatable bonds is 6. The van der Waals surface area contributed by atoms with Gasteiger partial charge in [-0.2, -0.15) is 0 Å². The minimum Gasteiger partial charge on any atom is -0.467 e. The van der Waals surface area contributed by atoms with Crippen molar-refractivity contribution < 1.29 is 19.1 Å². The molecule has 0 spiro atoms. The quantitative estimate of drug-likeness (QED) is 0.609. The van der Waals surface area contributed by atoms with Crippen LogP contribution >= 0.6 is 0 Å². The van der Waals surface area contributed by atoms with Crippen molar-refractivity contribution in [2.45, 2.75) is 58.5 Å². The monoisotopic (exact) mass is 327 g/mol. The number of carbonyl (C=O) groups excluding carboxylic acids is 3. The van der Waals surface area contributed by atoms with Crippen molar-refractivity contribution in [1.82, 2.24) is 10.6 Å². The van der Waals surface area contributed by atoms with Gasteiger partial charge in [0.2, 0.25) is 11.8 Å². The molecule has 0 radical (unpaired) electrons. The van der Waals surface area contributed by atoms with E-state index in [-0.39, 0.29) is 23.7 Å². The first-order valence-corrected chi connectivity index (χ1v) is 8.05. The van der Waals surface area contributed by atoms with Gasteiger partial charge >= 0.3 is 5.97 Å². The lowest BCUT2D eigenvalue weighted by atomic mass is 9.87. The van der Waals surface area contributed by atoms with Crippen LogP contribution in [0.5, 0.6) is 0 Å². The van der Waals surface area contributed by atoms with Crippen LogP contribution in [-0.4, -0.2) is 43.5 Å². The number of ether oxygens (including phenoxy) is 1. The number of methoxy groups -OCH3 is 1. The Labute approximate surface area is 137 Å². The highest BCUT2D eigenvalue weighted by molar-refractivity contribution is 5.88. The predicted molar refractivity (Wildman–Crippen MR) is 86.3 cm³/mol. The van der Waals surface area contributed by atoms with Crippen LogP contribution in [0.25, 0.3) is 0 Å². The Morgan fingerprint density at radius 2 is 2.09 bits per heavy atom. The molecule has 0 bridgehead atoms. The Hall–Kier alpha value is -1.63. The van der Waals surface area contributed by atoms with Crippen molar-refractivity contribution in [2.24, 2.45) is 17.1 Å². The lowest BCUT2D eigenvalue weighted by molar-refractivity contribution is -0.146. The maximum atomic E-state index is 12.2. The van der Waals surface area contributed by atoms with E-state index in [4.69, 9.17) is 10.5 Å². The van der Waals surface area contributed by atoms with Crippen LogP contribution in [0.3, 0.4) is 0 Å². The second-order valence-corrected chi connectivity index (χ2v) is 7.32. The summed E-state index contributed by atoms with van der Waals surface area (Å²) in [5.41, 5.74) is 5.81. The molecular formula is C16H29N3O4. The highest BCUT2D eigenvalue weighted by Gasteiger charge is 2.32. The lowest BCUT2D eigenvalue weighted by Gasteiger charge is -2.27. The van der Waals surface area contributed by atoms with Crippen molar-refractivity contribution in [3.63, 3.8) is 0 Å². The molecule has 1 rings (SSSR count). The zero-order chi connectivity index (χ0) is 17.6. The van der Waals surface area contributed by atoms with Gasteiger partial charge in [0.25, 0.3) is 0 Å². The topological polar surface area (TPSA) is 111 Å². The molecule has 7 heteroatoms. The largest absolute Gasteiger partial charge is 0.467 e. The summed E-state index contributed by atoms with van der Waals surface area (Å²) in [5, 5.41) is 5.41. The molecule has 7 nitrogen and oxygen atoms in total. The Bertz CT molecular complexity index is 445. The third kappa shape index (κ3) is 6.56. The maximum Gasteiger partial charge on any atom is 0.328 e. The van der Waals surface area contributed by atoms with E-state index in [1.807, 2.05) is 20.8 Å². The van der Waals surface area contributed by atoms with Crippen molar-refractivity contribution in [2.75, 3.05) is 13.7 Å². The Morgan fingerprint density at radius 3 is 2.61 bits per heavy atom. The number of piperidine rings is 1. The summed E-state index contributed by atoms with van der Waals surface area (Å²) in [6, 6.07) is -1.56. The number of nitrogens with one attached hydrogen (secondary N) is 2. The van der Waals surface area contributed by atoms with Crippen molar-refractivity contribution in [1.29, 1.82) is 0 Å². The minimum atomic E-state index is -0.854. The molecular weight excluding hydrogens is 298 g/mol. The summed E-state index contributed by atoms with van der Waals surface area (Å²) in [4.78, 5) is 36.0. The molecule has 23 heavy (non-hydrogen) atoms. The van der Waals surface area contributed by atoms with Gasteiger partial charge in [0, 0.05) is 12.5 Å². The van der Waals surface area contributed by atoms with Gasteiger partial charge in [-0.1, -0.05) is 20.8 Å². The van der Waals surface area contributed by atoms with Crippen molar-refractivity contribution >= 4 is 17.8 Å². The number of hydrogen-bond donors (Lipinski definition) is 3. The minimum absolute atomic E-state index is 0.0848. The van der Waals surface area contributed by atoms with Gasteiger partial charge in [-0.15, -0.1) is 0 Å². The molecule has 0 aromatic heterocycles. The molecule has 0 aromatic carbocycles. The predicted octanol–water partition coefficient (Wildman–Crippen LogP) is 0.324. The standard InChI is InChI=1S/C16H29N3O4/c1-16(2,3)9-11(17)14(21)19-12(15(22)23-4)8-10-6-5-7-18-13(10)20/h10-12H,5-9,17H2,1-4H3,(H,18,20)(H,19,21)/t10-,11-,12-/m0/s1. The van der Waals surface area contributed by atoms with E-state index in [0.717, 1.165) is 6.42 Å². The molecule has 1 saturated heterocycles. The smallest absolute Gasteiger partial charge is 0.328 e.